The Hall–Kier alpha value is -4.24. The maximum absolute atomic E-state index is 13.8. The van der Waals surface area contributed by atoms with Crippen LogP contribution in [-0.2, 0) is 33.8 Å². The molecule has 266 valence electrons. The summed E-state index contributed by atoms with van der Waals surface area (Å²) in [5.74, 6) is -0.790. The van der Waals surface area contributed by atoms with Gasteiger partial charge in [-0.25, -0.2) is 9.36 Å². The molecule has 1 atom stereocenters. The van der Waals surface area contributed by atoms with E-state index >= 15 is 0 Å². The number of hydrogen-bond donors (Lipinski definition) is 0. The van der Waals surface area contributed by atoms with Crippen molar-refractivity contribution in [3.05, 3.63) is 102 Å². The molecule has 50 heavy (non-hydrogen) atoms. The van der Waals surface area contributed by atoms with Crippen molar-refractivity contribution >= 4 is 39.9 Å². The van der Waals surface area contributed by atoms with Crippen LogP contribution in [0.25, 0.3) is 10.8 Å². The molecule has 0 bridgehead atoms. The van der Waals surface area contributed by atoms with Gasteiger partial charge >= 0.3 is 12.6 Å². The number of benzene rings is 2. The maximum Gasteiger partial charge on any atom is 0.387 e. The third-order valence-electron chi connectivity index (χ3n) is 8.61. The molecule has 2 aromatic carbocycles. The second-order valence-corrected chi connectivity index (χ2v) is 12.9. The fourth-order valence-electron chi connectivity index (χ4n) is 5.77. The first kappa shape index (κ1) is 35.6. The molecule has 4 aromatic rings. The minimum atomic E-state index is -3.11. The van der Waals surface area contributed by atoms with Crippen LogP contribution in [0.3, 0.4) is 0 Å². The summed E-state index contributed by atoms with van der Waals surface area (Å²) in [5, 5.41) is 12.3. The van der Waals surface area contributed by atoms with Gasteiger partial charge in [0.05, 0.1) is 37.1 Å². The normalized spacial score (nSPS) is 15.7. The molecule has 0 N–H and O–H groups in total. The number of alkyl halides is 2. The summed E-state index contributed by atoms with van der Waals surface area (Å²) >= 11 is 12.8. The molecule has 0 spiro atoms. The van der Waals surface area contributed by atoms with E-state index in [1.807, 2.05) is 0 Å². The summed E-state index contributed by atoms with van der Waals surface area (Å²) in [6.07, 6.45) is 2.77. The lowest BCUT2D eigenvalue weighted by molar-refractivity contribution is -0.605. The zero-order valence-electron chi connectivity index (χ0n) is 26.8. The minimum absolute atomic E-state index is 0.000825. The highest BCUT2D eigenvalue weighted by atomic mass is 35.5. The zero-order chi connectivity index (χ0) is 35.4. The molecule has 1 saturated heterocycles. The molecule has 3 heterocycles. The Balaban J connectivity index is 1.34. The van der Waals surface area contributed by atoms with E-state index in [0.717, 1.165) is 29.9 Å². The fraction of sp³-hybridized carbons (Fsp3) is 0.412. The van der Waals surface area contributed by atoms with Crippen molar-refractivity contribution in [1.29, 1.82) is 0 Å². The number of rotatable bonds is 14. The van der Waals surface area contributed by atoms with E-state index in [0.29, 0.717) is 43.1 Å². The van der Waals surface area contributed by atoms with Crippen LogP contribution in [0.15, 0.2) is 64.4 Å². The van der Waals surface area contributed by atoms with Gasteiger partial charge in [-0.1, -0.05) is 41.4 Å². The summed E-state index contributed by atoms with van der Waals surface area (Å²) in [6, 6.07) is 10.5. The summed E-state index contributed by atoms with van der Waals surface area (Å²) in [7, 11) is 0. The van der Waals surface area contributed by atoms with Crippen molar-refractivity contribution in [2.45, 2.75) is 45.1 Å². The summed E-state index contributed by atoms with van der Waals surface area (Å²) < 4.78 is 51.1. The molecule has 2 fully saturated rings. The van der Waals surface area contributed by atoms with E-state index in [9.17, 15) is 28.4 Å². The van der Waals surface area contributed by atoms with Gasteiger partial charge in [0.15, 0.2) is 23.9 Å². The van der Waals surface area contributed by atoms with E-state index in [4.69, 9.17) is 37.4 Å². The highest BCUT2D eigenvalue weighted by molar-refractivity contribution is 6.35. The van der Waals surface area contributed by atoms with Gasteiger partial charge in [0.2, 0.25) is 0 Å². The number of carbonyl (C=O) groups excluding carboxylic acids is 1. The third-order valence-corrected chi connectivity index (χ3v) is 9.26. The maximum atomic E-state index is 13.8. The van der Waals surface area contributed by atoms with Crippen LogP contribution in [0.4, 0.5) is 8.78 Å². The average molecular weight is 736 g/mol. The Labute approximate surface area is 294 Å². The number of aromatic nitrogens is 3. The number of pyridine rings is 1. The predicted molar refractivity (Wildman–Crippen MR) is 179 cm³/mol. The molecule has 2 aromatic heterocycles. The van der Waals surface area contributed by atoms with Gasteiger partial charge in [-0.3, -0.25) is 19.3 Å². The molecule has 0 unspecified atom stereocenters. The van der Waals surface area contributed by atoms with Gasteiger partial charge in [0.25, 0.3) is 11.1 Å². The van der Waals surface area contributed by atoms with Crippen LogP contribution < -0.4 is 25.3 Å². The number of halogens is 4. The first-order chi connectivity index (χ1) is 24.1. The Morgan fingerprint density at radius 1 is 0.960 bits per heavy atom. The molecule has 12 nitrogen and oxygen atoms in total. The second-order valence-electron chi connectivity index (χ2n) is 12.1. The quantitative estimate of drug-likeness (QED) is 0.106. The van der Waals surface area contributed by atoms with Crippen LogP contribution >= 0.6 is 23.2 Å². The second kappa shape index (κ2) is 15.8. The molecule has 1 aliphatic carbocycles. The van der Waals surface area contributed by atoms with Crippen LogP contribution in [-0.4, -0.2) is 66.3 Å². The average Bonchev–Trinajstić information content (AvgIpc) is 3.92. The van der Waals surface area contributed by atoms with Crippen molar-refractivity contribution < 1.29 is 37.3 Å². The van der Waals surface area contributed by atoms with E-state index in [2.05, 4.69) is 9.64 Å². The first-order valence-electron chi connectivity index (χ1n) is 16.1. The van der Waals surface area contributed by atoms with Gasteiger partial charge in [-0.2, -0.15) is 13.5 Å². The van der Waals surface area contributed by atoms with Crippen LogP contribution in [0, 0.1) is 11.1 Å². The van der Waals surface area contributed by atoms with Crippen LogP contribution in [0.5, 0.6) is 11.5 Å². The number of esters is 1. The third kappa shape index (κ3) is 8.55. The highest BCUT2D eigenvalue weighted by Crippen LogP contribution is 2.38. The summed E-state index contributed by atoms with van der Waals surface area (Å²) in [4.78, 5) is 43.3. The summed E-state index contributed by atoms with van der Waals surface area (Å²) in [6.45, 7) is -0.526. The largest absolute Gasteiger partial charge is 0.619 e. The molecule has 0 radical (unpaired) electrons. The topological polar surface area (TPSA) is 128 Å². The highest BCUT2D eigenvalue weighted by Gasteiger charge is 2.27. The SMILES string of the molecule is O=C(Cn1c(=O)c2ccccc2c(=O)n1CCN1CCOCC1)O[C@@H](Cc1c(Cl)c[n+]([O-])cc1Cl)c1ccc(OC(F)F)c(OCC2CC2)c1. The molecular formula is C34H34Cl2F2N4O8. The molecule has 6 rings (SSSR count). The lowest BCUT2D eigenvalue weighted by Crippen LogP contribution is -2.44. The molecule has 1 saturated carbocycles. The van der Waals surface area contributed by atoms with E-state index in [1.165, 1.54) is 28.9 Å². The van der Waals surface area contributed by atoms with Gasteiger partial charge in [0.1, 0.15) is 22.7 Å². The van der Waals surface area contributed by atoms with Gasteiger partial charge in [-0.05, 0) is 48.6 Å². The fourth-order valence-corrected chi connectivity index (χ4v) is 6.37. The van der Waals surface area contributed by atoms with Crippen molar-refractivity contribution in [3.63, 3.8) is 0 Å². The molecule has 16 heteroatoms. The molecule has 2 aliphatic rings. The van der Waals surface area contributed by atoms with Crippen molar-refractivity contribution in [2.75, 3.05) is 39.5 Å². The lowest BCUT2D eigenvalue weighted by atomic mass is 10.0. The minimum Gasteiger partial charge on any atom is -0.619 e. The first-order valence-corrected chi connectivity index (χ1v) is 16.8. The molecular weight excluding hydrogens is 701 g/mol. The van der Waals surface area contributed by atoms with Crippen molar-refractivity contribution in [2.24, 2.45) is 5.92 Å². The number of nitrogens with zero attached hydrogens (tertiary/aromatic N) is 4. The van der Waals surface area contributed by atoms with E-state index in [-0.39, 0.29) is 63.4 Å². The van der Waals surface area contributed by atoms with Crippen LogP contribution in [0.2, 0.25) is 10.0 Å². The molecule has 1 aliphatic heterocycles. The zero-order valence-corrected chi connectivity index (χ0v) is 28.3. The number of hydrogen-bond acceptors (Lipinski definition) is 9. The van der Waals surface area contributed by atoms with Gasteiger partial charge < -0.3 is 24.2 Å². The van der Waals surface area contributed by atoms with Gasteiger partial charge in [-0.15, -0.1) is 0 Å². The van der Waals surface area contributed by atoms with Crippen molar-refractivity contribution in [3.8, 4) is 11.5 Å². The number of ether oxygens (including phenoxy) is 4. The number of carbonyl (C=O) groups is 1. The Bertz CT molecular complexity index is 1960. The predicted octanol–water partition coefficient (Wildman–Crippen LogP) is 4.35. The summed E-state index contributed by atoms with van der Waals surface area (Å²) in [5.41, 5.74) is -0.420. The molecule has 0 amide bonds. The Kier molecular flexibility index (Phi) is 11.2. The standard InChI is InChI=1S/C34H34Cl2F2N4O8/c35-26-17-40(46)18-27(36)25(26)16-29(22-7-8-28(50-34(37)38)30(15-22)48-20-21-5-6-21)49-31(43)19-42-33(45)24-4-2-1-3-23(24)32(44)41(42)10-9-39-11-13-47-14-12-39/h1-4,7-8,15,17-18,21,29,34H,5-6,9-14,16,19-20H2/t29-/m0/s1. The Morgan fingerprint density at radius 3 is 2.26 bits per heavy atom. The van der Waals surface area contributed by atoms with Crippen molar-refractivity contribution in [1.82, 2.24) is 14.3 Å². The van der Waals surface area contributed by atoms with Gasteiger partial charge in [0, 0.05) is 31.6 Å². The number of fused-ring (bicyclic) bond motifs is 1. The van der Waals surface area contributed by atoms with Crippen LogP contribution in [0.1, 0.15) is 30.1 Å². The number of morpholine rings is 1. The monoisotopic (exact) mass is 734 g/mol. The Morgan fingerprint density at radius 2 is 1.62 bits per heavy atom. The van der Waals surface area contributed by atoms with E-state index < -0.39 is 36.3 Å². The lowest BCUT2D eigenvalue weighted by Gasteiger charge is -2.27. The van der Waals surface area contributed by atoms with E-state index in [1.54, 1.807) is 18.2 Å². The smallest absolute Gasteiger partial charge is 0.387 e.